The Morgan fingerprint density at radius 1 is 1.20 bits per heavy atom. The van der Waals surface area contributed by atoms with Gasteiger partial charge in [-0.3, -0.25) is 4.79 Å². The molecule has 104 valence electrons. The van der Waals surface area contributed by atoms with Crippen molar-refractivity contribution in [3.8, 4) is 0 Å². The summed E-state index contributed by atoms with van der Waals surface area (Å²) in [6.07, 6.45) is 1.34. The molecular weight excluding hydrogens is 258 g/mol. The number of aromatic carboxylic acids is 1. The van der Waals surface area contributed by atoms with Crippen LogP contribution in [0.4, 0.5) is 5.82 Å². The van der Waals surface area contributed by atoms with E-state index >= 15 is 0 Å². The van der Waals surface area contributed by atoms with Crippen molar-refractivity contribution < 1.29 is 14.7 Å². The highest BCUT2D eigenvalue weighted by Crippen LogP contribution is 2.24. The molecule has 0 saturated carbocycles. The average Bonchev–Trinajstić information content (AvgIpc) is 2.43. The zero-order chi connectivity index (χ0) is 14.5. The van der Waals surface area contributed by atoms with E-state index in [0.717, 1.165) is 5.39 Å². The Morgan fingerprint density at radius 2 is 1.90 bits per heavy atom. The van der Waals surface area contributed by atoms with Crippen LogP contribution in [0.25, 0.3) is 10.8 Å². The summed E-state index contributed by atoms with van der Waals surface area (Å²) in [5.41, 5.74) is 0.174. The summed E-state index contributed by atoms with van der Waals surface area (Å²) in [7, 11) is 0. The third-order valence-electron chi connectivity index (χ3n) is 2.82. The van der Waals surface area contributed by atoms with Crippen molar-refractivity contribution in [1.29, 1.82) is 0 Å². The number of carbonyl (C=O) groups excluding carboxylic acids is 1. The molecule has 20 heavy (non-hydrogen) atoms. The minimum atomic E-state index is -1.00. The molecule has 0 saturated heterocycles. The van der Waals surface area contributed by atoms with Crippen LogP contribution >= 0.6 is 0 Å². The zero-order valence-electron chi connectivity index (χ0n) is 11.0. The molecule has 0 spiro atoms. The van der Waals surface area contributed by atoms with Crippen LogP contribution in [0, 0.1) is 0 Å². The third-order valence-corrected chi connectivity index (χ3v) is 2.82. The molecule has 1 aromatic carbocycles. The molecule has 0 bridgehead atoms. The predicted octanol–water partition coefficient (Wildman–Crippen LogP) is 1.48. The van der Waals surface area contributed by atoms with Gasteiger partial charge in [0.2, 0.25) is 5.91 Å². The van der Waals surface area contributed by atoms with Crippen molar-refractivity contribution in [2.75, 3.05) is 18.4 Å². The van der Waals surface area contributed by atoms with E-state index in [1.54, 1.807) is 12.1 Å². The lowest BCUT2D eigenvalue weighted by atomic mass is 10.1. The molecule has 0 radical (unpaired) electrons. The fourth-order valence-corrected chi connectivity index (χ4v) is 1.92. The van der Waals surface area contributed by atoms with E-state index in [-0.39, 0.29) is 11.5 Å². The number of benzene rings is 1. The van der Waals surface area contributed by atoms with Gasteiger partial charge >= 0.3 is 5.97 Å². The summed E-state index contributed by atoms with van der Waals surface area (Å²) >= 11 is 0. The van der Waals surface area contributed by atoms with Gasteiger partial charge in [0.15, 0.2) is 0 Å². The van der Waals surface area contributed by atoms with Crippen LogP contribution in [-0.2, 0) is 4.79 Å². The Balaban J connectivity index is 2.24. The van der Waals surface area contributed by atoms with Crippen LogP contribution in [0.5, 0.6) is 0 Å². The summed E-state index contributed by atoms with van der Waals surface area (Å²) in [4.78, 5) is 26.1. The highest BCUT2D eigenvalue weighted by atomic mass is 16.4. The molecule has 0 aliphatic rings. The molecule has 1 aromatic heterocycles. The normalized spacial score (nSPS) is 10.2. The maximum absolute atomic E-state index is 11.2. The fraction of sp³-hybridized carbons (Fsp3) is 0.214. The quantitative estimate of drug-likeness (QED) is 0.718. The number of rotatable bonds is 5. The van der Waals surface area contributed by atoms with Crippen LogP contribution in [-0.4, -0.2) is 35.1 Å². The Bertz CT molecular complexity index is 655. The second kappa shape index (κ2) is 6.01. The lowest BCUT2D eigenvalue weighted by Crippen LogP contribution is -2.26. The molecule has 0 fully saturated rings. The van der Waals surface area contributed by atoms with Crippen molar-refractivity contribution in [2.24, 2.45) is 0 Å². The molecule has 6 heteroatoms. The number of anilines is 1. The number of nitrogens with zero attached hydrogens (tertiary/aromatic N) is 1. The predicted molar refractivity (Wildman–Crippen MR) is 75.9 cm³/mol. The van der Waals surface area contributed by atoms with Crippen molar-refractivity contribution in [2.45, 2.75) is 6.92 Å². The minimum absolute atomic E-state index is 0.0918. The fourth-order valence-electron chi connectivity index (χ4n) is 1.92. The number of pyridine rings is 1. The van der Waals surface area contributed by atoms with Gasteiger partial charge in [0.1, 0.15) is 5.82 Å². The lowest BCUT2D eigenvalue weighted by Gasteiger charge is -2.10. The number of hydrogen-bond acceptors (Lipinski definition) is 4. The van der Waals surface area contributed by atoms with Crippen LogP contribution in [0.2, 0.25) is 0 Å². The summed E-state index contributed by atoms with van der Waals surface area (Å²) in [5.74, 6) is -0.486. The van der Waals surface area contributed by atoms with E-state index in [4.69, 9.17) is 5.11 Å². The van der Waals surface area contributed by atoms with E-state index in [1.165, 1.54) is 13.1 Å². The summed E-state index contributed by atoms with van der Waals surface area (Å²) in [6.45, 7) is 2.45. The van der Waals surface area contributed by atoms with E-state index in [1.807, 2.05) is 12.1 Å². The lowest BCUT2D eigenvalue weighted by molar-refractivity contribution is -0.118. The molecule has 0 unspecified atom stereocenters. The topological polar surface area (TPSA) is 91.3 Å². The summed E-state index contributed by atoms with van der Waals surface area (Å²) in [6, 6.07) is 7.18. The Kier molecular flexibility index (Phi) is 4.14. The van der Waals surface area contributed by atoms with Crippen LogP contribution in [0.3, 0.4) is 0 Å². The van der Waals surface area contributed by atoms with Crippen LogP contribution in [0.1, 0.15) is 17.3 Å². The number of fused-ring (bicyclic) bond motifs is 1. The van der Waals surface area contributed by atoms with Gasteiger partial charge in [0.05, 0.1) is 5.56 Å². The number of hydrogen-bond donors (Lipinski definition) is 3. The van der Waals surface area contributed by atoms with Gasteiger partial charge < -0.3 is 15.7 Å². The van der Waals surface area contributed by atoms with Crippen LogP contribution < -0.4 is 10.6 Å². The molecule has 0 aliphatic carbocycles. The number of carboxylic acid groups (broad SMARTS) is 1. The average molecular weight is 273 g/mol. The Labute approximate surface area is 115 Å². The first-order valence-electron chi connectivity index (χ1n) is 6.19. The number of carbonyl (C=O) groups is 2. The number of amides is 1. The molecule has 2 rings (SSSR count). The SMILES string of the molecule is CC(=O)NCCNc1ncc(C(=O)O)c2ccccc12. The maximum atomic E-state index is 11.2. The van der Waals surface area contributed by atoms with Gasteiger partial charge in [-0.1, -0.05) is 24.3 Å². The monoisotopic (exact) mass is 273 g/mol. The molecule has 1 amide bonds. The van der Waals surface area contributed by atoms with Crippen molar-refractivity contribution in [1.82, 2.24) is 10.3 Å². The van der Waals surface area contributed by atoms with E-state index in [0.29, 0.717) is 24.3 Å². The molecule has 0 aliphatic heterocycles. The van der Waals surface area contributed by atoms with Gasteiger partial charge in [-0.15, -0.1) is 0 Å². The van der Waals surface area contributed by atoms with Gasteiger partial charge in [0.25, 0.3) is 0 Å². The van der Waals surface area contributed by atoms with E-state index in [2.05, 4.69) is 15.6 Å². The third kappa shape index (κ3) is 3.03. The zero-order valence-corrected chi connectivity index (χ0v) is 11.0. The standard InChI is InChI=1S/C14H15N3O3/c1-9(18)15-6-7-16-13-11-5-3-2-4-10(11)12(8-17-13)14(19)20/h2-5,8H,6-7H2,1H3,(H,15,18)(H,16,17)(H,19,20). The first kappa shape index (κ1) is 13.8. The number of nitrogens with one attached hydrogen (secondary N) is 2. The van der Waals surface area contributed by atoms with Crippen molar-refractivity contribution in [3.63, 3.8) is 0 Å². The Morgan fingerprint density at radius 3 is 2.55 bits per heavy atom. The highest BCUT2D eigenvalue weighted by molar-refractivity contribution is 6.06. The first-order chi connectivity index (χ1) is 9.59. The largest absolute Gasteiger partial charge is 0.478 e. The summed E-state index contributed by atoms with van der Waals surface area (Å²) in [5, 5.41) is 16.3. The number of carboxylic acids is 1. The van der Waals surface area contributed by atoms with Crippen LogP contribution in [0.15, 0.2) is 30.5 Å². The van der Waals surface area contributed by atoms with Gasteiger partial charge in [0, 0.05) is 37.0 Å². The summed E-state index contributed by atoms with van der Waals surface area (Å²) < 4.78 is 0. The molecular formula is C14H15N3O3. The van der Waals surface area contributed by atoms with E-state index < -0.39 is 5.97 Å². The first-order valence-corrected chi connectivity index (χ1v) is 6.19. The van der Waals surface area contributed by atoms with Crippen molar-refractivity contribution >= 4 is 28.5 Å². The second-order valence-corrected chi connectivity index (χ2v) is 4.28. The molecule has 0 atom stereocenters. The molecule has 6 nitrogen and oxygen atoms in total. The van der Waals surface area contributed by atoms with Gasteiger partial charge in [-0.25, -0.2) is 9.78 Å². The van der Waals surface area contributed by atoms with Gasteiger partial charge in [-0.2, -0.15) is 0 Å². The maximum Gasteiger partial charge on any atom is 0.337 e. The number of aromatic nitrogens is 1. The second-order valence-electron chi connectivity index (χ2n) is 4.28. The van der Waals surface area contributed by atoms with E-state index in [9.17, 15) is 9.59 Å². The highest BCUT2D eigenvalue weighted by Gasteiger charge is 2.11. The Hall–Kier alpha value is -2.63. The smallest absolute Gasteiger partial charge is 0.337 e. The molecule has 2 aromatic rings. The minimum Gasteiger partial charge on any atom is -0.478 e. The molecule has 1 heterocycles. The molecule has 3 N–H and O–H groups in total. The van der Waals surface area contributed by atoms with Gasteiger partial charge in [-0.05, 0) is 0 Å². The van der Waals surface area contributed by atoms with Crippen molar-refractivity contribution in [3.05, 3.63) is 36.0 Å².